The van der Waals surface area contributed by atoms with Crippen molar-refractivity contribution in [3.05, 3.63) is 0 Å². The number of hydrogen-bond donors (Lipinski definition) is 5. The minimum Gasteiger partial charge on any atom is -0.285 e. The first-order valence-electron chi connectivity index (χ1n) is 5.89. The first-order chi connectivity index (χ1) is 11.1. The maximum Gasteiger partial charge on any atom is 0.291 e. The van der Waals surface area contributed by atoms with Gasteiger partial charge < -0.3 is 0 Å². The van der Waals surface area contributed by atoms with Crippen LogP contribution in [0.5, 0.6) is 0 Å². The Morgan fingerprint density at radius 2 is 0.962 bits per heavy atom. The zero-order chi connectivity index (χ0) is 21.6. The van der Waals surface area contributed by atoms with Gasteiger partial charge in [-0.2, -0.15) is 42.1 Å². The molecule has 0 aromatic rings. The van der Waals surface area contributed by atoms with Gasteiger partial charge in [0.05, 0.1) is 0 Å². The van der Waals surface area contributed by atoms with Crippen LogP contribution in [0.3, 0.4) is 0 Å². The summed E-state index contributed by atoms with van der Waals surface area (Å²) in [6.45, 7) is 1.02. The van der Waals surface area contributed by atoms with Crippen LogP contribution >= 0.6 is 0 Å². The summed E-state index contributed by atoms with van der Waals surface area (Å²) in [5, 5.41) is -3.56. The second-order valence-electron chi connectivity index (χ2n) is 4.83. The molecule has 0 radical (unpaired) electrons. The standard InChI is InChI=1S/C6H14O15S5/c1-2-3-4(22(7,8)9)6(25(16,17)18,26(19,20)21)5(23(10,11)12)24(13,14)15/h4-5H,2-3H2,1H3,(H,7,8,9)(H,10,11,12)(H,13,14,15)(H,16,17,18)(H,19,20,21). The van der Waals surface area contributed by atoms with Gasteiger partial charge in [-0.15, -0.1) is 0 Å². The van der Waals surface area contributed by atoms with Gasteiger partial charge in [0.25, 0.3) is 59.3 Å². The summed E-state index contributed by atoms with van der Waals surface area (Å²) in [4.78, 5) is 0. The molecule has 0 aliphatic heterocycles. The van der Waals surface area contributed by atoms with Crippen molar-refractivity contribution in [2.45, 2.75) is 33.7 Å². The van der Waals surface area contributed by atoms with E-state index in [1.807, 2.05) is 0 Å². The Bertz CT molecular complexity index is 993. The normalized spacial score (nSPS) is 16.6. The van der Waals surface area contributed by atoms with Gasteiger partial charge in [0.1, 0.15) is 5.25 Å². The summed E-state index contributed by atoms with van der Waals surface area (Å²) in [6.07, 6.45) is -1.94. The Hall–Kier alpha value is -0.450. The minimum absolute atomic E-state index is 0.582. The highest BCUT2D eigenvalue weighted by Gasteiger charge is 2.75. The molecule has 15 nitrogen and oxygen atoms in total. The molecule has 0 rings (SSSR count). The highest BCUT2D eigenvalue weighted by Crippen LogP contribution is 2.42. The molecule has 0 aromatic carbocycles. The van der Waals surface area contributed by atoms with Gasteiger partial charge in [0.2, 0.25) is 0 Å². The molecule has 1 unspecified atom stereocenters. The monoisotopic (exact) mass is 486 g/mol. The molecule has 0 aliphatic rings. The molecule has 1 atom stereocenters. The summed E-state index contributed by atoms with van der Waals surface area (Å²) in [5.74, 6) is 0. The van der Waals surface area contributed by atoms with Crippen molar-refractivity contribution >= 4 is 50.6 Å². The number of hydrogen-bond acceptors (Lipinski definition) is 10. The van der Waals surface area contributed by atoms with Crippen molar-refractivity contribution in [1.82, 2.24) is 0 Å². The highest BCUT2D eigenvalue weighted by molar-refractivity contribution is 8.12. The van der Waals surface area contributed by atoms with Crippen LogP contribution in [0.25, 0.3) is 0 Å². The van der Waals surface area contributed by atoms with Crippen molar-refractivity contribution in [1.29, 1.82) is 0 Å². The van der Waals surface area contributed by atoms with E-state index in [0.29, 0.717) is 0 Å². The Kier molecular flexibility index (Phi) is 7.05. The van der Waals surface area contributed by atoms with Crippen LogP contribution in [-0.2, 0) is 50.6 Å². The second-order valence-corrected chi connectivity index (χ2v) is 13.2. The van der Waals surface area contributed by atoms with Crippen LogP contribution in [0.2, 0.25) is 0 Å². The molecule has 0 spiro atoms. The average molecular weight is 486 g/mol. The minimum atomic E-state index is -6.81. The SMILES string of the molecule is CCCC(C(C(S(=O)(=O)O)S(=O)(=O)O)(S(=O)(=O)O)S(=O)(=O)O)S(=O)(=O)O. The van der Waals surface area contributed by atoms with Crippen LogP contribution in [-0.4, -0.2) is 78.8 Å². The quantitative estimate of drug-likeness (QED) is 0.213. The molecule has 0 aliphatic carbocycles. The van der Waals surface area contributed by atoms with E-state index in [9.17, 15) is 51.2 Å². The lowest BCUT2D eigenvalue weighted by molar-refractivity contribution is 0.376. The smallest absolute Gasteiger partial charge is 0.285 e. The van der Waals surface area contributed by atoms with Crippen LogP contribution in [0, 0.1) is 0 Å². The summed E-state index contributed by atoms with van der Waals surface area (Å²) >= 11 is 0. The fourth-order valence-corrected chi connectivity index (χ4v) is 12.7. The predicted molar refractivity (Wildman–Crippen MR) is 83.0 cm³/mol. The zero-order valence-corrected chi connectivity index (χ0v) is 16.5. The third-order valence-corrected chi connectivity index (χ3v) is 12.5. The predicted octanol–water partition coefficient (Wildman–Crippen LogP) is -2.38. The lowest BCUT2D eigenvalue weighted by Crippen LogP contribution is -2.68. The molecule has 0 amide bonds. The van der Waals surface area contributed by atoms with Crippen LogP contribution in [0.15, 0.2) is 0 Å². The Balaban J connectivity index is 8.08. The lowest BCUT2D eigenvalue weighted by Gasteiger charge is -2.35. The number of rotatable bonds is 9. The largest absolute Gasteiger partial charge is 0.291 e. The van der Waals surface area contributed by atoms with Crippen LogP contribution in [0.4, 0.5) is 0 Å². The molecule has 0 saturated carbocycles. The average Bonchev–Trinajstić information content (AvgIpc) is 2.25. The van der Waals surface area contributed by atoms with Gasteiger partial charge >= 0.3 is 0 Å². The van der Waals surface area contributed by atoms with Crippen molar-refractivity contribution in [3.63, 3.8) is 0 Å². The Labute approximate surface area is 149 Å². The zero-order valence-electron chi connectivity index (χ0n) is 12.4. The molecule has 0 bridgehead atoms. The maximum atomic E-state index is 11.7. The van der Waals surface area contributed by atoms with E-state index in [2.05, 4.69) is 0 Å². The van der Waals surface area contributed by atoms with E-state index in [-0.39, 0.29) is 0 Å². The first kappa shape index (κ1) is 25.6. The van der Waals surface area contributed by atoms with E-state index in [1.54, 1.807) is 0 Å². The van der Waals surface area contributed by atoms with Gasteiger partial charge in [0.15, 0.2) is 0 Å². The topological polar surface area (TPSA) is 272 Å². The summed E-state index contributed by atoms with van der Waals surface area (Å²) in [6, 6.07) is 0. The van der Waals surface area contributed by atoms with Crippen molar-refractivity contribution in [3.8, 4) is 0 Å². The molecule has 0 saturated heterocycles. The third kappa shape index (κ3) is 4.69. The van der Waals surface area contributed by atoms with E-state index in [1.165, 1.54) is 0 Å². The summed E-state index contributed by atoms with van der Waals surface area (Å²) in [5.41, 5.74) is 0. The van der Waals surface area contributed by atoms with Gasteiger partial charge in [0, 0.05) is 0 Å². The molecule has 26 heavy (non-hydrogen) atoms. The highest BCUT2D eigenvalue weighted by atomic mass is 32.3. The summed E-state index contributed by atoms with van der Waals surface area (Å²) < 4.78 is 151. The molecule has 0 aromatic heterocycles. The first-order valence-corrected chi connectivity index (χ1v) is 13.3. The molecule has 20 heteroatoms. The van der Waals surface area contributed by atoms with Crippen molar-refractivity contribution in [2.24, 2.45) is 0 Å². The Morgan fingerprint density at radius 3 is 1.12 bits per heavy atom. The third-order valence-electron chi connectivity index (χ3n) is 3.04. The second kappa shape index (κ2) is 7.18. The molecular weight excluding hydrogens is 472 g/mol. The lowest BCUT2D eigenvalue weighted by atomic mass is 10.2. The van der Waals surface area contributed by atoms with Gasteiger partial charge in [-0.05, 0) is 6.42 Å². The van der Waals surface area contributed by atoms with Gasteiger partial charge in [-0.3, -0.25) is 22.8 Å². The summed E-state index contributed by atoms with van der Waals surface area (Å²) in [7, 11) is -32.8. The van der Waals surface area contributed by atoms with E-state index in [0.717, 1.165) is 6.92 Å². The molecule has 0 fully saturated rings. The molecule has 158 valence electrons. The van der Waals surface area contributed by atoms with Crippen LogP contribution in [0.1, 0.15) is 19.8 Å². The van der Waals surface area contributed by atoms with E-state index in [4.69, 9.17) is 13.7 Å². The fraction of sp³-hybridized carbons (Fsp3) is 1.00. The van der Waals surface area contributed by atoms with Crippen LogP contribution < -0.4 is 0 Å². The van der Waals surface area contributed by atoms with Crippen molar-refractivity contribution in [2.75, 3.05) is 0 Å². The molecular formula is C6H14O15S5. The Morgan fingerprint density at radius 1 is 0.654 bits per heavy atom. The molecule has 5 N–H and O–H groups in total. The molecule has 0 heterocycles. The van der Waals surface area contributed by atoms with Crippen molar-refractivity contribution < 1.29 is 64.9 Å². The van der Waals surface area contributed by atoms with E-state index < -0.39 is 77.3 Å². The fourth-order valence-electron chi connectivity index (χ4n) is 2.25. The van der Waals surface area contributed by atoms with Gasteiger partial charge in [-0.1, -0.05) is 13.3 Å². The van der Waals surface area contributed by atoms with E-state index >= 15 is 0 Å². The van der Waals surface area contributed by atoms with Gasteiger partial charge in [-0.25, -0.2) is 0 Å². The maximum absolute atomic E-state index is 11.7.